The molecule has 4 nitrogen and oxygen atoms in total. The predicted octanol–water partition coefficient (Wildman–Crippen LogP) is 5.27. The molecule has 1 atom stereocenters. The van der Waals surface area contributed by atoms with E-state index in [1.165, 1.54) is 17.7 Å². The molecule has 0 aliphatic carbocycles. The van der Waals surface area contributed by atoms with E-state index in [1.807, 2.05) is 26.0 Å². The molecule has 0 saturated heterocycles. The van der Waals surface area contributed by atoms with Gasteiger partial charge < -0.3 is 5.32 Å². The van der Waals surface area contributed by atoms with Crippen LogP contribution in [0.1, 0.15) is 38.4 Å². The first-order chi connectivity index (χ1) is 12.8. The Hall–Kier alpha value is -2.70. The van der Waals surface area contributed by atoms with Gasteiger partial charge in [0.1, 0.15) is 11.7 Å². The molecule has 3 rings (SSSR count). The molecule has 7 heteroatoms. The van der Waals surface area contributed by atoms with Crippen LogP contribution < -0.4 is 5.32 Å². The molecule has 1 unspecified atom stereocenters. The van der Waals surface area contributed by atoms with Crippen LogP contribution in [-0.4, -0.2) is 21.8 Å². The van der Waals surface area contributed by atoms with Crippen molar-refractivity contribution in [2.75, 3.05) is 5.32 Å². The molecular weight excluding hydrogens is 353 g/mol. The van der Waals surface area contributed by atoms with E-state index >= 15 is 0 Å². The second-order valence-electron chi connectivity index (χ2n) is 6.45. The van der Waals surface area contributed by atoms with Crippen LogP contribution in [0.15, 0.2) is 47.0 Å². The molecule has 0 radical (unpaired) electrons. The summed E-state index contributed by atoms with van der Waals surface area (Å²) in [4.78, 5) is 13.5. The summed E-state index contributed by atoms with van der Waals surface area (Å²) < 4.78 is 38.3. The highest BCUT2D eigenvalue weighted by Crippen LogP contribution is 2.30. The fraction of sp³-hybridized carbons (Fsp3) is 0.350. The standard InChI is InChI=1S/C20H21F3N4/c1-4-15-11-18(26-17-10-12(3)16(5-2)25-17)27-19(24-15)13-6-8-14(9-7-13)20(21,22)23/h6-11,16H,4-5H2,1-3H3,(H,24,25,26,27). The van der Waals surface area contributed by atoms with E-state index in [0.717, 1.165) is 30.1 Å². The molecule has 0 amide bonds. The Kier molecular flexibility index (Phi) is 5.30. The highest BCUT2D eigenvalue weighted by atomic mass is 19.4. The number of anilines is 1. The number of nitrogens with one attached hydrogen (secondary N) is 1. The average molecular weight is 374 g/mol. The number of rotatable bonds is 4. The van der Waals surface area contributed by atoms with Crippen LogP contribution in [0.3, 0.4) is 0 Å². The smallest absolute Gasteiger partial charge is 0.325 e. The maximum Gasteiger partial charge on any atom is 0.416 e. The van der Waals surface area contributed by atoms with Gasteiger partial charge in [0.15, 0.2) is 5.82 Å². The van der Waals surface area contributed by atoms with Gasteiger partial charge in [-0.25, -0.2) is 9.97 Å². The van der Waals surface area contributed by atoms with E-state index in [0.29, 0.717) is 23.6 Å². The molecule has 0 bridgehead atoms. The lowest BCUT2D eigenvalue weighted by Gasteiger charge is -2.10. The molecule has 142 valence electrons. The molecule has 2 heterocycles. The van der Waals surface area contributed by atoms with Gasteiger partial charge in [0, 0.05) is 17.3 Å². The van der Waals surface area contributed by atoms with E-state index < -0.39 is 11.7 Å². The third-order valence-electron chi connectivity index (χ3n) is 4.44. The molecule has 1 aromatic carbocycles. The monoisotopic (exact) mass is 374 g/mol. The minimum Gasteiger partial charge on any atom is -0.325 e. The van der Waals surface area contributed by atoms with Gasteiger partial charge in [-0.2, -0.15) is 13.2 Å². The average Bonchev–Trinajstić information content (AvgIpc) is 3.00. The van der Waals surface area contributed by atoms with Gasteiger partial charge in [-0.1, -0.05) is 26.0 Å². The molecule has 0 saturated carbocycles. The Labute approximate surface area is 156 Å². The first-order valence-corrected chi connectivity index (χ1v) is 8.88. The summed E-state index contributed by atoms with van der Waals surface area (Å²) in [5.41, 5.74) is 1.83. The Balaban J connectivity index is 1.90. The van der Waals surface area contributed by atoms with Crippen LogP contribution in [0.2, 0.25) is 0 Å². The molecule has 0 spiro atoms. The number of hydrogen-bond acceptors (Lipinski definition) is 4. The highest BCUT2D eigenvalue weighted by Gasteiger charge is 2.30. The van der Waals surface area contributed by atoms with Crippen LogP contribution in [0, 0.1) is 0 Å². The number of aliphatic imine (C=N–C) groups is 1. The Morgan fingerprint density at radius 1 is 1.07 bits per heavy atom. The van der Waals surface area contributed by atoms with Crippen LogP contribution in [0.5, 0.6) is 0 Å². The maximum absolute atomic E-state index is 12.8. The maximum atomic E-state index is 12.8. The first kappa shape index (κ1) is 19.1. The largest absolute Gasteiger partial charge is 0.416 e. The molecule has 1 aliphatic rings. The van der Waals surface area contributed by atoms with Gasteiger partial charge in [-0.3, -0.25) is 4.99 Å². The number of nitrogens with zero attached hydrogens (tertiary/aromatic N) is 3. The van der Waals surface area contributed by atoms with E-state index in [2.05, 4.69) is 27.2 Å². The summed E-state index contributed by atoms with van der Waals surface area (Å²) in [7, 11) is 0. The second-order valence-corrected chi connectivity index (χ2v) is 6.45. The van der Waals surface area contributed by atoms with Crippen molar-refractivity contribution >= 4 is 11.7 Å². The van der Waals surface area contributed by atoms with Gasteiger partial charge in [0.25, 0.3) is 0 Å². The van der Waals surface area contributed by atoms with E-state index in [-0.39, 0.29) is 6.04 Å². The van der Waals surface area contributed by atoms with Crippen LogP contribution in [0.4, 0.5) is 19.0 Å². The molecule has 27 heavy (non-hydrogen) atoms. The summed E-state index contributed by atoms with van der Waals surface area (Å²) in [5.74, 6) is 1.70. The fourth-order valence-corrected chi connectivity index (χ4v) is 2.91. The zero-order valence-corrected chi connectivity index (χ0v) is 15.4. The van der Waals surface area contributed by atoms with Crippen molar-refractivity contribution in [3.63, 3.8) is 0 Å². The quantitative estimate of drug-likeness (QED) is 0.793. The van der Waals surface area contributed by atoms with E-state index in [4.69, 9.17) is 0 Å². The van der Waals surface area contributed by atoms with Crippen molar-refractivity contribution in [1.29, 1.82) is 0 Å². The lowest BCUT2D eigenvalue weighted by atomic mass is 10.1. The van der Waals surface area contributed by atoms with Crippen molar-refractivity contribution < 1.29 is 13.2 Å². The van der Waals surface area contributed by atoms with Crippen LogP contribution >= 0.6 is 0 Å². The second kappa shape index (κ2) is 7.50. The van der Waals surface area contributed by atoms with Crippen molar-refractivity contribution in [3.8, 4) is 11.4 Å². The summed E-state index contributed by atoms with van der Waals surface area (Å²) in [6.45, 7) is 6.08. The molecular formula is C20H21F3N4. The van der Waals surface area contributed by atoms with Crippen molar-refractivity contribution in [2.24, 2.45) is 4.99 Å². The number of aryl methyl sites for hydroxylation is 1. The molecule has 1 aliphatic heterocycles. The van der Waals surface area contributed by atoms with Crippen LogP contribution in [-0.2, 0) is 12.6 Å². The topological polar surface area (TPSA) is 50.2 Å². The summed E-state index contributed by atoms with van der Waals surface area (Å²) in [6.07, 6.45) is -0.768. The Morgan fingerprint density at radius 3 is 2.33 bits per heavy atom. The molecule has 1 N–H and O–H groups in total. The van der Waals surface area contributed by atoms with Gasteiger partial charge in [-0.15, -0.1) is 0 Å². The lowest BCUT2D eigenvalue weighted by Crippen LogP contribution is -2.11. The summed E-state index contributed by atoms with van der Waals surface area (Å²) >= 11 is 0. The fourth-order valence-electron chi connectivity index (χ4n) is 2.91. The number of alkyl halides is 3. The number of aromatic nitrogens is 2. The zero-order valence-electron chi connectivity index (χ0n) is 15.4. The van der Waals surface area contributed by atoms with Crippen molar-refractivity contribution in [3.05, 3.63) is 53.2 Å². The SMILES string of the molecule is CCc1cc(NC2=NC(CC)C(C)=C2)nc(-c2ccc(C(F)(F)F)cc2)n1. The molecule has 0 fully saturated rings. The molecule has 2 aromatic rings. The third-order valence-corrected chi connectivity index (χ3v) is 4.44. The lowest BCUT2D eigenvalue weighted by molar-refractivity contribution is -0.137. The number of halogens is 3. The van der Waals surface area contributed by atoms with Gasteiger partial charge >= 0.3 is 6.18 Å². The number of hydrogen-bond donors (Lipinski definition) is 1. The first-order valence-electron chi connectivity index (χ1n) is 8.88. The van der Waals surface area contributed by atoms with Crippen LogP contribution in [0.25, 0.3) is 11.4 Å². The summed E-state index contributed by atoms with van der Waals surface area (Å²) in [6, 6.07) is 6.89. The summed E-state index contributed by atoms with van der Waals surface area (Å²) in [5, 5.41) is 3.20. The van der Waals surface area contributed by atoms with E-state index in [9.17, 15) is 13.2 Å². The zero-order chi connectivity index (χ0) is 19.6. The number of amidine groups is 1. The normalized spacial score (nSPS) is 16.9. The Morgan fingerprint density at radius 2 is 1.78 bits per heavy atom. The van der Waals surface area contributed by atoms with Gasteiger partial charge in [0.05, 0.1) is 11.6 Å². The van der Waals surface area contributed by atoms with Crippen molar-refractivity contribution in [1.82, 2.24) is 9.97 Å². The minimum absolute atomic E-state index is 0.175. The van der Waals surface area contributed by atoms with Crippen molar-refractivity contribution in [2.45, 2.75) is 45.8 Å². The molecule has 1 aromatic heterocycles. The Bertz CT molecular complexity index is 883. The van der Waals surface area contributed by atoms with Gasteiger partial charge in [0.2, 0.25) is 0 Å². The highest BCUT2D eigenvalue weighted by molar-refractivity contribution is 6.05. The van der Waals surface area contributed by atoms with E-state index in [1.54, 1.807) is 0 Å². The third kappa shape index (κ3) is 4.35. The number of benzene rings is 1. The predicted molar refractivity (Wildman–Crippen MR) is 101 cm³/mol. The van der Waals surface area contributed by atoms with Gasteiger partial charge in [-0.05, 0) is 43.5 Å². The minimum atomic E-state index is -4.36.